The summed E-state index contributed by atoms with van der Waals surface area (Å²) in [5.74, 6) is -0.283. The Morgan fingerprint density at radius 3 is 2.48 bits per heavy atom. The van der Waals surface area contributed by atoms with Crippen LogP contribution in [-0.4, -0.2) is 29.1 Å². The minimum absolute atomic E-state index is 0.172. The second-order valence-corrected chi connectivity index (χ2v) is 9.06. The monoisotopic (exact) mass is 446 g/mol. The Balaban J connectivity index is 1.53. The first-order chi connectivity index (χ1) is 13.9. The summed E-state index contributed by atoms with van der Waals surface area (Å²) in [6.07, 6.45) is 4.27. The fraction of sp³-hybridized carbons (Fsp3) is 0.273. The van der Waals surface area contributed by atoms with Gasteiger partial charge in [0.2, 0.25) is 0 Å². The Kier molecular flexibility index (Phi) is 5.91. The third kappa shape index (κ3) is 4.32. The van der Waals surface area contributed by atoms with Crippen LogP contribution in [0.15, 0.2) is 41.3 Å². The molecule has 2 aliphatic heterocycles. The van der Waals surface area contributed by atoms with Crippen LogP contribution in [0.4, 0.5) is 10.5 Å². The lowest BCUT2D eigenvalue weighted by Gasteiger charge is -2.18. The molecule has 150 valence electrons. The number of halogens is 2. The van der Waals surface area contributed by atoms with Gasteiger partial charge in [-0.3, -0.25) is 14.5 Å². The lowest BCUT2D eigenvalue weighted by Crippen LogP contribution is -2.27. The number of carbonyl (C=O) groups is 2. The van der Waals surface area contributed by atoms with E-state index in [1.165, 1.54) is 23.4 Å². The van der Waals surface area contributed by atoms with Gasteiger partial charge in [-0.15, -0.1) is 0 Å². The highest BCUT2D eigenvalue weighted by atomic mass is 35.5. The lowest BCUT2D eigenvalue weighted by molar-refractivity contribution is -0.123. The van der Waals surface area contributed by atoms with E-state index in [1.807, 2.05) is 19.1 Å². The van der Waals surface area contributed by atoms with Gasteiger partial charge < -0.3 is 4.90 Å². The van der Waals surface area contributed by atoms with Crippen LogP contribution in [0.25, 0.3) is 6.08 Å². The number of nitrogens with zero attached hydrogens (tertiary/aromatic N) is 2. The largest absolute Gasteiger partial charge is 0.372 e. The van der Waals surface area contributed by atoms with E-state index in [-0.39, 0.29) is 17.7 Å². The number of aryl methyl sites for hydroxylation is 1. The molecule has 2 fully saturated rings. The Morgan fingerprint density at radius 1 is 1.03 bits per heavy atom. The summed E-state index contributed by atoms with van der Waals surface area (Å²) in [5, 5.41) is 0.566. The molecule has 2 heterocycles. The Morgan fingerprint density at radius 2 is 1.79 bits per heavy atom. The van der Waals surface area contributed by atoms with Crippen molar-refractivity contribution in [1.82, 2.24) is 4.90 Å². The molecule has 2 amide bonds. The highest BCUT2D eigenvalue weighted by Crippen LogP contribution is 2.35. The molecular formula is C22H20Cl2N2O2S. The molecule has 0 spiro atoms. The van der Waals surface area contributed by atoms with E-state index in [0.29, 0.717) is 15.0 Å². The summed E-state index contributed by atoms with van der Waals surface area (Å²) >= 11 is 13.0. The van der Waals surface area contributed by atoms with E-state index in [4.69, 9.17) is 23.2 Å². The van der Waals surface area contributed by atoms with Gasteiger partial charge in [0.25, 0.3) is 11.1 Å². The number of amides is 2. The summed E-state index contributed by atoms with van der Waals surface area (Å²) in [7, 11) is 0. The van der Waals surface area contributed by atoms with Gasteiger partial charge in [0, 0.05) is 18.8 Å². The summed E-state index contributed by atoms with van der Waals surface area (Å²) in [6, 6.07) is 11.4. The fourth-order valence-electron chi connectivity index (χ4n) is 3.59. The zero-order valence-corrected chi connectivity index (χ0v) is 18.3. The maximum Gasteiger partial charge on any atom is 0.293 e. The Labute approximate surface area is 184 Å². The molecule has 0 aliphatic carbocycles. The van der Waals surface area contributed by atoms with Crippen molar-refractivity contribution >= 4 is 57.9 Å². The van der Waals surface area contributed by atoms with Crippen molar-refractivity contribution in [3.05, 3.63) is 68.0 Å². The maximum atomic E-state index is 12.8. The normalized spacial score (nSPS) is 18.4. The molecule has 0 atom stereocenters. The predicted octanol–water partition coefficient (Wildman–Crippen LogP) is 6.14. The van der Waals surface area contributed by atoms with Gasteiger partial charge in [-0.25, -0.2) is 0 Å². The van der Waals surface area contributed by atoms with Crippen LogP contribution in [0.2, 0.25) is 10.0 Å². The Bertz CT molecular complexity index is 1020. The number of anilines is 1. The number of hydrogen-bond donors (Lipinski definition) is 0. The van der Waals surface area contributed by atoms with Crippen LogP contribution in [0, 0.1) is 6.92 Å². The summed E-state index contributed by atoms with van der Waals surface area (Å²) in [5.41, 5.74) is 4.01. The number of rotatable bonds is 4. The molecule has 0 aromatic heterocycles. The average molecular weight is 447 g/mol. The van der Waals surface area contributed by atoms with E-state index < -0.39 is 0 Å². The van der Waals surface area contributed by atoms with Crippen LogP contribution >= 0.6 is 35.0 Å². The molecule has 0 saturated carbocycles. The second kappa shape index (κ2) is 8.42. The van der Waals surface area contributed by atoms with Gasteiger partial charge in [0.15, 0.2) is 0 Å². The zero-order valence-electron chi connectivity index (χ0n) is 16.0. The van der Waals surface area contributed by atoms with Crippen LogP contribution in [-0.2, 0) is 11.3 Å². The van der Waals surface area contributed by atoms with Crippen molar-refractivity contribution in [2.75, 3.05) is 18.0 Å². The molecule has 4 rings (SSSR count). The first kappa shape index (κ1) is 20.3. The molecule has 4 nitrogen and oxygen atoms in total. The van der Waals surface area contributed by atoms with E-state index in [0.717, 1.165) is 41.5 Å². The quantitative estimate of drug-likeness (QED) is 0.528. The van der Waals surface area contributed by atoms with Gasteiger partial charge in [-0.1, -0.05) is 35.3 Å². The van der Waals surface area contributed by atoms with Crippen molar-refractivity contribution in [1.29, 1.82) is 0 Å². The standard InChI is InChI=1S/C22H20Cl2N2O2S/c1-14-10-17(25-8-2-3-9-25)6-5-16(14)12-20-21(27)26(22(28)29-20)13-15-4-7-18(23)19(24)11-15/h4-7,10-12H,2-3,8-9,13H2,1H3/b20-12-. The van der Waals surface area contributed by atoms with Crippen LogP contribution in [0.1, 0.15) is 29.5 Å². The maximum absolute atomic E-state index is 12.8. The average Bonchev–Trinajstić information content (AvgIpc) is 3.31. The molecule has 7 heteroatoms. The van der Waals surface area contributed by atoms with E-state index in [9.17, 15) is 9.59 Å². The number of thioether (sulfide) groups is 1. The van der Waals surface area contributed by atoms with Gasteiger partial charge in [0.1, 0.15) is 0 Å². The van der Waals surface area contributed by atoms with Crippen molar-refractivity contribution in [2.24, 2.45) is 0 Å². The predicted molar refractivity (Wildman–Crippen MR) is 121 cm³/mol. The molecule has 0 N–H and O–H groups in total. The zero-order chi connectivity index (χ0) is 20.5. The molecule has 0 radical (unpaired) electrons. The van der Waals surface area contributed by atoms with Crippen molar-refractivity contribution in [3.8, 4) is 0 Å². The topological polar surface area (TPSA) is 40.6 Å². The van der Waals surface area contributed by atoms with Gasteiger partial charge in [-0.05, 0) is 78.6 Å². The van der Waals surface area contributed by atoms with Crippen LogP contribution < -0.4 is 4.90 Å². The van der Waals surface area contributed by atoms with Crippen LogP contribution in [0.3, 0.4) is 0 Å². The number of carbonyl (C=O) groups excluding carboxylic acids is 2. The van der Waals surface area contributed by atoms with Crippen molar-refractivity contribution in [3.63, 3.8) is 0 Å². The minimum Gasteiger partial charge on any atom is -0.372 e. The minimum atomic E-state index is -0.283. The van der Waals surface area contributed by atoms with E-state index >= 15 is 0 Å². The van der Waals surface area contributed by atoms with Crippen molar-refractivity contribution in [2.45, 2.75) is 26.3 Å². The molecule has 2 aromatic carbocycles. The van der Waals surface area contributed by atoms with Crippen molar-refractivity contribution < 1.29 is 9.59 Å². The first-order valence-electron chi connectivity index (χ1n) is 9.47. The molecule has 2 saturated heterocycles. The second-order valence-electron chi connectivity index (χ2n) is 7.25. The summed E-state index contributed by atoms with van der Waals surface area (Å²) < 4.78 is 0. The smallest absolute Gasteiger partial charge is 0.293 e. The third-order valence-electron chi connectivity index (χ3n) is 5.21. The van der Waals surface area contributed by atoms with Gasteiger partial charge >= 0.3 is 0 Å². The lowest BCUT2D eigenvalue weighted by atomic mass is 10.1. The van der Waals surface area contributed by atoms with E-state index in [1.54, 1.807) is 18.2 Å². The van der Waals surface area contributed by atoms with Gasteiger partial charge in [-0.2, -0.15) is 0 Å². The molecule has 29 heavy (non-hydrogen) atoms. The number of hydrogen-bond acceptors (Lipinski definition) is 4. The third-order valence-corrected chi connectivity index (χ3v) is 6.86. The molecule has 2 aromatic rings. The highest BCUT2D eigenvalue weighted by Gasteiger charge is 2.35. The van der Waals surface area contributed by atoms with E-state index in [2.05, 4.69) is 17.0 Å². The first-order valence-corrected chi connectivity index (χ1v) is 11.0. The Hall–Kier alpha value is -1.95. The fourth-order valence-corrected chi connectivity index (χ4v) is 4.74. The SMILES string of the molecule is Cc1cc(N2CCCC2)ccc1/C=C1\SC(=O)N(Cc2ccc(Cl)c(Cl)c2)C1=O. The molecular weight excluding hydrogens is 427 g/mol. The summed E-state index contributed by atoms with van der Waals surface area (Å²) in [4.78, 5) is 29.3. The molecule has 2 aliphatic rings. The van der Waals surface area contributed by atoms with Crippen LogP contribution in [0.5, 0.6) is 0 Å². The number of benzene rings is 2. The summed E-state index contributed by atoms with van der Waals surface area (Å²) in [6.45, 7) is 4.38. The molecule has 0 bridgehead atoms. The molecule has 0 unspecified atom stereocenters. The number of imide groups is 1. The highest BCUT2D eigenvalue weighted by molar-refractivity contribution is 8.18. The van der Waals surface area contributed by atoms with Gasteiger partial charge in [0.05, 0.1) is 21.5 Å².